The standard InChI is InChI=1S/C34H26F6N2O/c1-2-3-4-5-21-19-41-33(42-20-21)25-17-30(37)32(31(38)18-25)34(39,40)43-27-13-8-22(9-14-27)24-10-15-28(29(36)16-24)23-6-11-26(35)12-7-23/h6-20H,2-5H2,1H3. The van der Waals surface area contributed by atoms with Gasteiger partial charge in [0.2, 0.25) is 0 Å². The van der Waals surface area contributed by atoms with Crippen LogP contribution in [0.5, 0.6) is 5.75 Å². The van der Waals surface area contributed by atoms with Crippen molar-refractivity contribution in [3.63, 3.8) is 0 Å². The molecule has 0 unspecified atom stereocenters. The lowest BCUT2D eigenvalue weighted by Gasteiger charge is -2.20. The van der Waals surface area contributed by atoms with Crippen LogP contribution in [0.1, 0.15) is 37.3 Å². The van der Waals surface area contributed by atoms with Gasteiger partial charge >= 0.3 is 6.11 Å². The topological polar surface area (TPSA) is 35.0 Å². The van der Waals surface area contributed by atoms with Crippen molar-refractivity contribution in [3.05, 3.63) is 126 Å². The number of hydrogen-bond acceptors (Lipinski definition) is 3. The molecule has 0 saturated heterocycles. The van der Waals surface area contributed by atoms with Crippen molar-refractivity contribution in [2.24, 2.45) is 0 Å². The van der Waals surface area contributed by atoms with Crippen LogP contribution >= 0.6 is 0 Å². The van der Waals surface area contributed by atoms with E-state index in [-0.39, 0.29) is 22.7 Å². The van der Waals surface area contributed by atoms with Crippen LogP contribution in [-0.2, 0) is 12.5 Å². The monoisotopic (exact) mass is 592 g/mol. The van der Waals surface area contributed by atoms with E-state index in [1.807, 2.05) is 0 Å². The molecule has 5 rings (SSSR count). The van der Waals surface area contributed by atoms with Gasteiger partial charge in [0.25, 0.3) is 0 Å². The van der Waals surface area contributed by atoms with Crippen molar-refractivity contribution in [1.29, 1.82) is 0 Å². The van der Waals surface area contributed by atoms with Crippen LogP contribution in [0.25, 0.3) is 33.6 Å². The Morgan fingerprint density at radius 2 is 1.23 bits per heavy atom. The molecule has 0 aliphatic heterocycles. The van der Waals surface area contributed by atoms with Crippen LogP contribution < -0.4 is 4.74 Å². The molecule has 3 nitrogen and oxygen atoms in total. The Morgan fingerprint density at radius 1 is 0.651 bits per heavy atom. The number of aromatic nitrogens is 2. The summed E-state index contributed by atoms with van der Waals surface area (Å²) < 4.78 is 92.4. The Balaban J connectivity index is 1.31. The molecule has 1 heterocycles. The maximum atomic E-state index is 15.0. The first kappa shape index (κ1) is 29.8. The number of unbranched alkanes of at least 4 members (excludes halogenated alkanes) is 2. The summed E-state index contributed by atoms with van der Waals surface area (Å²) in [5.41, 5.74) is 0.931. The van der Waals surface area contributed by atoms with E-state index in [1.165, 1.54) is 60.7 Å². The first-order chi connectivity index (χ1) is 20.6. The van der Waals surface area contributed by atoms with E-state index in [0.717, 1.165) is 43.4 Å². The number of nitrogens with zero attached hydrogens (tertiary/aromatic N) is 2. The Morgan fingerprint density at radius 3 is 1.84 bits per heavy atom. The van der Waals surface area contributed by atoms with E-state index in [1.54, 1.807) is 18.5 Å². The zero-order valence-corrected chi connectivity index (χ0v) is 23.1. The lowest BCUT2D eigenvalue weighted by atomic mass is 9.99. The van der Waals surface area contributed by atoms with Crippen molar-refractivity contribution in [2.45, 2.75) is 38.7 Å². The Bertz CT molecular complexity index is 1680. The second-order valence-electron chi connectivity index (χ2n) is 10.0. The third kappa shape index (κ3) is 6.88. The summed E-state index contributed by atoms with van der Waals surface area (Å²) >= 11 is 0. The zero-order chi connectivity index (χ0) is 30.6. The molecule has 0 aliphatic carbocycles. The minimum atomic E-state index is -4.35. The highest BCUT2D eigenvalue weighted by Crippen LogP contribution is 2.37. The zero-order valence-electron chi connectivity index (χ0n) is 23.1. The van der Waals surface area contributed by atoms with Gasteiger partial charge in [-0.15, -0.1) is 0 Å². The van der Waals surface area contributed by atoms with Crippen molar-refractivity contribution in [3.8, 4) is 39.4 Å². The number of ether oxygens (including phenoxy) is 1. The molecule has 43 heavy (non-hydrogen) atoms. The van der Waals surface area contributed by atoms with Crippen LogP contribution in [0.2, 0.25) is 0 Å². The van der Waals surface area contributed by atoms with Gasteiger partial charge in [0.15, 0.2) is 5.82 Å². The first-order valence-corrected chi connectivity index (χ1v) is 13.7. The molecule has 0 atom stereocenters. The van der Waals surface area contributed by atoms with E-state index in [2.05, 4.69) is 16.9 Å². The van der Waals surface area contributed by atoms with Gasteiger partial charge in [0, 0.05) is 23.5 Å². The quantitative estimate of drug-likeness (QED) is 0.120. The van der Waals surface area contributed by atoms with Crippen molar-refractivity contribution >= 4 is 0 Å². The van der Waals surface area contributed by atoms with Crippen LogP contribution in [0, 0.1) is 23.3 Å². The Labute approximate surface area is 244 Å². The normalized spacial score (nSPS) is 11.5. The summed E-state index contributed by atoms with van der Waals surface area (Å²) in [6.45, 7) is 2.08. The van der Waals surface area contributed by atoms with Gasteiger partial charge in [-0.25, -0.2) is 27.5 Å². The molecule has 220 valence electrons. The maximum absolute atomic E-state index is 15.0. The minimum Gasteiger partial charge on any atom is -0.429 e. The SMILES string of the molecule is CCCCCc1cnc(-c2cc(F)c(C(F)(F)Oc3ccc(-c4ccc(-c5ccc(F)cc5)c(F)c4)cc3)c(F)c2)nc1. The third-order valence-corrected chi connectivity index (χ3v) is 6.92. The van der Waals surface area contributed by atoms with Gasteiger partial charge in [0.05, 0.1) is 0 Å². The third-order valence-electron chi connectivity index (χ3n) is 6.92. The molecule has 5 aromatic rings. The first-order valence-electron chi connectivity index (χ1n) is 13.7. The Hall–Kier alpha value is -4.66. The lowest BCUT2D eigenvalue weighted by Crippen LogP contribution is -2.25. The predicted molar refractivity (Wildman–Crippen MR) is 152 cm³/mol. The molecule has 0 bridgehead atoms. The molecule has 0 amide bonds. The number of aryl methyl sites for hydroxylation is 1. The summed E-state index contributed by atoms with van der Waals surface area (Å²) in [7, 11) is 0. The molecule has 0 fully saturated rings. The average Bonchev–Trinajstić information content (AvgIpc) is 2.98. The minimum absolute atomic E-state index is 0.00514. The molecule has 0 saturated carbocycles. The summed E-state index contributed by atoms with van der Waals surface area (Å²) in [5, 5.41) is 0. The number of halogens is 6. The van der Waals surface area contributed by atoms with Gasteiger partial charge < -0.3 is 4.74 Å². The number of hydrogen-bond donors (Lipinski definition) is 0. The number of alkyl halides is 2. The van der Waals surface area contributed by atoms with Gasteiger partial charge in [-0.2, -0.15) is 8.78 Å². The molecule has 4 aromatic carbocycles. The summed E-state index contributed by atoms with van der Waals surface area (Å²) in [5.74, 6) is -4.37. The molecule has 0 radical (unpaired) electrons. The van der Waals surface area contributed by atoms with Crippen LogP contribution in [0.4, 0.5) is 26.3 Å². The fourth-order valence-electron chi connectivity index (χ4n) is 4.67. The van der Waals surface area contributed by atoms with E-state index in [0.29, 0.717) is 16.7 Å². The summed E-state index contributed by atoms with van der Waals surface area (Å²) in [6, 6.07) is 16.5. The van der Waals surface area contributed by atoms with Crippen molar-refractivity contribution in [1.82, 2.24) is 9.97 Å². The Kier molecular flexibility index (Phi) is 8.80. The molecular weight excluding hydrogens is 566 g/mol. The molecule has 0 N–H and O–H groups in total. The van der Waals surface area contributed by atoms with E-state index in [9.17, 15) is 26.3 Å². The average molecular weight is 593 g/mol. The number of rotatable bonds is 10. The van der Waals surface area contributed by atoms with E-state index >= 15 is 0 Å². The highest BCUT2D eigenvalue weighted by Gasteiger charge is 2.41. The van der Waals surface area contributed by atoms with Crippen molar-refractivity contribution < 1.29 is 31.1 Å². The van der Waals surface area contributed by atoms with Gasteiger partial charge in [-0.05, 0) is 77.6 Å². The smallest absolute Gasteiger partial charge is 0.429 e. The molecule has 0 aliphatic rings. The largest absolute Gasteiger partial charge is 0.432 e. The van der Waals surface area contributed by atoms with Gasteiger partial charge in [0.1, 0.15) is 34.6 Å². The highest BCUT2D eigenvalue weighted by atomic mass is 19.3. The van der Waals surface area contributed by atoms with Gasteiger partial charge in [-0.1, -0.05) is 56.2 Å². The van der Waals surface area contributed by atoms with Crippen LogP contribution in [-0.4, -0.2) is 9.97 Å². The summed E-state index contributed by atoms with van der Waals surface area (Å²) in [4.78, 5) is 8.26. The highest BCUT2D eigenvalue weighted by molar-refractivity contribution is 5.71. The number of benzene rings is 4. The molecule has 0 spiro atoms. The maximum Gasteiger partial charge on any atom is 0.432 e. The lowest BCUT2D eigenvalue weighted by molar-refractivity contribution is -0.189. The fourth-order valence-corrected chi connectivity index (χ4v) is 4.67. The second-order valence-corrected chi connectivity index (χ2v) is 10.0. The van der Waals surface area contributed by atoms with Gasteiger partial charge in [-0.3, -0.25) is 0 Å². The second kappa shape index (κ2) is 12.7. The van der Waals surface area contributed by atoms with Crippen LogP contribution in [0.15, 0.2) is 91.3 Å². The summed E-state index contributed by atoms with van der Waals surface area (Å²) in [6.07, 6.45) is 2.59. The van der Waals surface area contributed by atoms with Crippen molar-refractivity contribution in [2.75, 3.05) is 0 Å². The van der Waals surface area contributed by atoms with E-state index < -0.39 is 34.9 Å². The molecule has 1 aromatic heterocycles. The predicted octanol–water partition coefficient (Wildman–Crippen LogP) is 9.89. The van der Waals surface area contributed by atoms with Crippen LogP contribution in [0.3, 0.4) is 0 Å². The van der Waals surface area contributed by atoms with E-state index in [4.69, 9.17) is 4.74 Å². The molecule has 9 heteroatoms. The fraction of sp³-hybridized carbons (Fsp3) is 0.176. The molecular formula is C34H26F6N2O.